The summed E-state index contributed by atoms with van der Waals surface area (Å²) in [6, 6.07) is 8.32. The van der Waals surface area contributed by atoms with Crippen molar-refractivity contribution in [1.82, 2.24) is 9.80 Å². The number of nitrogens with zero attached hydrogens (tertiary/aromatic N) is 2. The Morgan fingerprint density at radius 3 is 2.55 bits per heavy atom. The largest absolute Gasteiger partial charge is 0.466 e. The number of amides is 2. The first kappa shape index (κ1) is 21.3. The van der Waals surface area contributed by atoms with Crippen LogP contribution in [-0.2, 0) is 19.1 Å². The predicted octanol–water partition coefficient (Wildman–Crippen LogP) is 2.75. The molecule has 0 bridgehead atoms. The number of ether oxygens (including phenoxy) is 1. The molecule has 2 saturated heterocycles. The molecule has 0 aliphatic carbocycles. The van der Waals surface area contributed by atoms with Crippen molar-refractivity contribution in [3.8, 4) is 0 Å². The Hall–Kier alpha value is -2.37. The van der Waals surface area contributed by atoms with Crippen LogP contribution in [0.15, 0.2) is 24.3 Å². The highest BCUT2D eigenvalue weighted by Crippen LogP contribution is 2.32. The molecule has 0 spiro atoms. The molecule has 1 aromatic carbocycles. The molecule has 6 heteroatoms. The summed E-state index contributed by atoms with van der Waals surface area (Å²) in [5, 5.41) is 0. The minimum atomic E-state index is -0.243. The second kappa shape index (κ2) is 9.42. The van der Waals surface area contributed by atoms with E-state index in [9.17, 15) is 14.4 Å². The summed E-state index contributed by atoms with van der Waals surface area (Å²) in [5.74, 6) is -0.485. The van der Waals surface area contributed by atoms with E-state index in [4.69, 9.17) is 4.74 Å². The summed E-state index contributed by atoms with van der Waals surface area (Å²) in [6.45, 7) is 7.97. The van der Waals surface area contributed by atoms with Gasteiger partial charge in [0.15, 0.2) is 0 Å². The predicted molar refractivity (Wildman–Crippen MR) is 110 cm³/mol. The highest BCUT2D eigenvalue weighted by molar-refractivity contribution is 5.82. The molecule has 3 rings (SSSR count). The number of benzene rings is 1. The molecule has 158 valence electrons. The van der Waals surface area contributed by atoms with Crippen LogP contribution in [0.25, 0.3) is 0 Å². The maximum atomic E-state index is 13.3. The van der Waals surface area contributed by atoms with Crippen LogP contribution in [0.5, 0.6) is 0 Å². The molecule has 0 aromatic heterocycles. The van der Waals surface area contributed by atoms with E-state index in [0.717, 1.165) is 19.3 Å². The second-order valence-corrected chi connectivity index (χ2v) is 8.34. The van der Waals surface area contributed by atoms with Crippen LogP contribution in [0.1, 0.15) is 50.2 Å². The van der Waals surface area contributed by atoms with E-state index >= 15 is 0 Å². The molecule has 3 atom stereocenters. The van der Waals surface area contributed by atoms with Gasteiger partial charge in [-0.15, -0.1) is 0 Å². The summed E-state index contributed by atoms with van der Waals surface area (Å²) in [5.41, 5.74) is 2.36. The third-order valence-corrected chi connectivity index (χ3v) is 6.11. The molecule has 2 aliphatic rings. The van der Waals surface area contributed by atoms with Crippen LogP contribution in [0.3, 0.4) is 0 Å². The average Bonchev–Trinajstić information content (AvgIpc) is 2.73. The van der Waals surface area contributed by atoms with Crippen molar-refractivity contribution >= 4 is 17.8 Å². The van der Waals surface area contributed by atoms with E-state index in [-0.39, 0.29) is 35.5 Å². The van der Waals surface area contributed by atoms with Crippen LogP contribution in [0.2, 0.25) is 0 Å². The first-order chi connectivity index (χ1) is 13.9. The molecule has 0 N–H and O–H groups in total. The van der Waals surface area contributed by atoms with E-state index in [1.54, 1.807) is 18.7 Å². The number of carbonyl (C=O) groups excluding carboxylic acids is 3. The third kappa shape index (κ3) is 5.17. The number of carbonyl (C=O) groups is 3. The van der Waals surface area contributed by atoms with E-state index < -0.39 is 0 Å². The molecule has 2 heterocycles. The number of hydrogen-bond donors (Lipinski definition) is 0. The van der Waals surface area contributed by atoms with Crippen molar-refractivity contribution in [2.45, 2.75) is 46.0 Å². The Morgan fingerprint density at radius 1 is 1.10 bits per heavy atom. The van der Waals surface area contributed by atoms with Gasteiger partial charge < -0.3 is 14.5 Å². The fraction of sp³-hybridized carbons (Fsp3) is 0.609. The molecule has 0 saturated carbocycles. The van der Waals surface area contributed by atoms with Crippen molar-refractivity contribution < 1.29 is 19.1 Å². The first-order valence-electron chi connectivity index (χ1n) is 10.7. The van der Waals surface area contributed by atoms with Gasteiger partial charge in [-0.1, -0.05) is 29.8 Å². The molecule has 1 aromatic rings. The van der Waals surface area contributed by atoms with Gasteiger partial charge in [-0.2, -0.15) is 0 Å². The zero-order valence-electron chi connectivity index (χ0n) is 17.7. The molecule has 0 unspecified atom stereocenters. The smallest absolute Gasteiger partial charge is 0.310 e. The molecule has 2 aliphatic heterocycles. The lowest BCUT2D eigenvalue weighted by atomic mass is 9.83. The van der Waals surface area contributed by atoms with Gasteiger partial charge in [0.25, 0.3) is 0 Å². The van der Waals surface area contributed by atoms with Crippen molar-refractivity contribution in [3.05, 3.63) is 35.4 Å². The lowest BCUT2D eigenvalue weighted by molar-refractivity contribution is -0.152. The summed E-state index contributed by atoms with van der Waals surface area (Å²) < 4.78 is 5.16. The van der Waals surface area contributed by atoms with E-state index in [0.29, 0.717) is 32.8 Å². The fourth-order valence-electron chi connectivity index (χ4n) is 4.59. The van der Waals surface area contributed by atoms with E-state index in [1.807, 2.05) is 11.0 Å². The van der Waals surface area contributed by atoms with Gasteiger partial charge in [0.2, 0.25) is 11.8 Å². The summed E-state index contributed by atoms with van der Waals surface area (Å²) in [7, 11) is 0. The monoisotopic (exact) mass is 400 g/mol. The van der Waals surface area contributed by atoms with Gasteiger partial charge in [0, 0.05) is 39.0 Å². The second-order valence-electron chi connectivity index (χ2n) is 8.34. The SMILES string of the molecule is CCOC(=O)[C@@H]1CCCN(C(=O)[C@@H]2C[C@H](c3cccc(C)c3)CN(C(C)=O)C2)C1. The summed E-state index contributed by atoms with van der Waals surface area (Å²) in [6.07, 6.45) is 2.30. The lowest BCUT2D eigenvalue weighted by Crippen LogP contribution is -2.51. The standard InChI is InChI=1S/C23H32N2O4/c1-4-29-23(28)19-9-6-10-24(13-19)22(27)21-12-20(14-25(15-21)17(3)26)18-8-5-7-16(2)11-18/h5,7-8,11,19-21H,4,6,9-10,12-15H2,1-3H3/t19-,20+,21-/m1/s1. The van der Waals surface area contributed by atoms with E-state index in [1.165, 1.54) is 11.1 Å². The molecule has 6 nitrogen and oxygen atoms in total. The van der Waals surface area contributed by atoms with Gasteiger partial charge in [-0.05, 0) is 38.7 Å². The number of esters is 1. The van der Waals surface area contributed by atoms with Crippen molar-refractivity contribution in [1.29, 1.82) is 0 Å². The molecular formula is C23H32N2O4. The normalized spacial score (nSPS) is 24.9. The number of rotatable bonds is 4. The summed E-state index contributed by atoms with van der Waals surface area (Å²) >= 11 is 0. The first-order valence-corrected chi connectivity index (χ1v) is 10.7. The fourth-order valence-corrected chi connectivity index (χ4v) is 4.59. The van der Waals surface area contributed by atoms with Crippen molar-refractivity contribution in [2.24, 2.45) is 11.8 Å². The van der Waals surface area contributed by atoms with Gasteiger partial charge in [0.05, 0.1) is 18.4 Å². The quantitative estimate of drug-likeness (QED) is 0.729. The molecular weight excluding hydrogens is 368 g/mol. The van der Waals surface area contributed by atoms with Crippen LogP contribution >= 0.6 is 0 Å². The van der Waals surface area contributed by atoms with Gasteiger partial charge in [-0.3, -0.25) is 14.4 Å². The Kier molecular flexibility index (Phi) is 6.93. The third-order valence-electron chi connectivity index (χ3n) is 6.11. The molecule has 2 amide bonds. The van der Waals surface area contributed by atoms with Crippen LogP contribution < -0.4 is 0 Å². The lowest BCUT2D eigenvalue weighted by Gasteiger charge is -2.40. The molecule has 0 radical (unpaired) electrons. The van der Waals surface area contributed by atoms with Crippen molar-refractivity contribution in [2.75, 3.05) is 32.8 Å². The topological polar surface area (TPSA) is 66.9 Å². The van der Waals surface area contributed by atoms with Crippen LogP contribution in [0, 0.1) is 18.8 Å². The Labute approximate surface area is 173 Å². The minimum absolute atomic E-state index is 0.00296. The van der Waals surface area contributed by atoms with Crippen LogP contribution in [0.4, 0.5) is 0 Å². The highest BCUT2D eigenvalue weighted by atomic mass is 16.5. The van der Waals surface area contributed by atoms with Gasteiger partial charge >= 0.3 is 5.97 Å². The zero-order chi connectivity index (χ0) is 21.0. The molecule has 2 fully saturated rings. The van der Waals surface area contributed by atoms with Gasteiger partial charge in [0.1, 0.15) is 0 Å². The highest BCUT2D eigenvalue weighted by Gasteiger charge is 2.38. The number of piperidine rings is 2. The zero-order valence-corrected chi connectivity index (χ0v) is 17.7. The van der Waals surface area contributed by atoms with Gasteiger partial charge in [-0.25, -0.2) is 0 Å². The number of hydrogen-bond acceptors (Lipinski definition) is 4. The van der Waals surface area contributed by atoms with Crippen molar-refractivity contribution in [3.63, 3.8) is 0 Å². The Bertz CT molecular complexity index is 763. The number of aryl methyl sites for hydroxylation is 1. The maximum Gasteiger partial charge on any atom is 0.310 e. The van der Waals surface area contributed by atoms with Crippen LogP contribution in [-0.4, -0.2) is 60.4 Å². The maximum absolute atomic E-state index is 13.3. The number of likely N-dealkylation sites (tertiary alicyclic amines) is 2. The Morgan fingerprint density at radius 2 is 1.86 bits per heavy atom. The minimum Gasteiger partial charge on any atom is -0.466 e. The Balaban J connectivity index is 1.74. The summed E-state index contributed by atoms with van der Waals surface area (Å²) in [4.78, 5) is 41.2. The molecule has 29 heavy (non-hydrogen) atoms. The van der Waals surface area contributed by atoms with E-state index in [2.05, 4.69) is 25.1 Å². The average molecular weight is 401 g/mol.